The number of aliphatic hydroxyl groups is 1. The van der Waals surface area contributed by atoms with E-state index < -0.39 is 32.2 Å². The van der Waals surface area contributed by atoms with E-state index in [9.17, 15) is 9.90 Å². The van der Waals surface area contributed by atoms with Crippen LogP contribution in [0.2, 0.25) is 16.6 Å². The quantitative estimate of drug-likeness (QED) is 0.389. The van der Waals surface area contributed by atoms with Crippen LogP contribution in [0.5, 0.6) is 0 Å². The van der Waals surface area contributed by atoms with Gasteiger partial charge in [-0.15, -0.1) is 0 Å². The molecular formula is C25H45NO5Si. The number of ether oxygens (including phenoxy) is 2. The van der Waals surface area contributed by atoms with Gasteiger partial charge in [0.05, 0.1) is 25.9 Å². The molecule has 2 N–H and O–H groups in total. The van der Waals surface area contributed by atoms with Crippen molar-refractivity contribution in [3.8, 4) is 0 Å². The number of hydrogen-bond acceptors (Lipinski definition) is 5. The molecule has 7 heteroatoms. The van der Waals surface area contributed by atoms with Crippen LogP contribution in [0.1, 0.15) is 67.9 Å². The first-order valence-corrected chi connectivity index (χ1v) is 13.9. The van der Waals surface area contributed by atoms with Crippen molar-refractivity contribution >= 4 is 14.4 Å². The highest BCUT2D eigenvalue weighted by atomic mass is 28.4. The molecule has 0 saturated heterocycles. The Kier molecular flexibility index (Phi) is 11.4. The fourth-order valence-corrected chi connectivity index (χ4v) is 9.95. The first-order chi connectivity index (χ1) is 14.8. The Morgan fingerprint density at radius 1 is 1.00 bits per heavy atom. The van der Waals surface area contributed by atoms with Gasteiger partial charge < -0.3 is 24.3 Å². The van der Waals surface area contributed by atoms with Crippen LogP contribution in [-0.4, -0.2) is 50.5 Å². The maximum atomic E-state index is 12.4. The molecule has 0 saturated carbocycles. The smallest absolute Gasteiger partial charge is 0.408 e. The molecule has 1 aromatic carbocycles. The lowest BCUT2D eigenvalue weighted by Crippen LogP contribution is -2.54. The van der Waals surface area contributed by atoms with E-state index in [0.29, 0.717) is 29.8 Å². The van der Waals surface area contributed by atoms with Gasteiger partial charge in [0.25, 0.3) is 0 Å². The molecule has 0 aliphatic carbocycles. The summed E-state index contributed by atoms with van der Waals surface area (Å²) in [4.78, 5) is 12.4. The van der Waals surface area contributed by atoms with E-state index in [1.807, 2.05) is 30.3 Å². The van der Waals surface area contributed by atoms with E-state index in [-0.39, 0.29) is 6.61 Å². The summed E-state index contributed by atoms with van der Waals surface area (Å²) in [5.74, 6) is 0. The molecule has 0 heterocycles. The number of rotatable bonds is 12. The molecule has 1 amide bonds. The molecule has 0 fully saturated rings. The lowest BCUT2D eigenvalue weighted by Gasteiger charge is -2.43. The molecule has 2 atom stereocenters. The second-order valence-corrected chi connectivity index (χ2v) is 15.9. The molecule has 0 unspecified atom stereocenters. The molecule has 1 rings (SSSR count). The van der Waals surface area contributed by atoms with E-state index in [1.165, 1.54) is 0 Å². The van der Waals surface area contributed by atoms with Crippen molar-refractivity contribution in [3.05, 3.63) is 35.9 Å². The summed E-state index contributed by atoms with van der Waals surface area (Å²) in [5.41, 5.74) is 1.65. The molecule has 0 aromatic heterocycles. The number of carbonyl (C=O) groups excluding carboxylic acids is 1. The summed E-state index contributed by atoms with van der Waals surface area (Å²) >= 11 is 0. The van der Waals surface area contributed by atoms with Gasteiger partial charge in [0, 0.05) is 0 Å². The minimum atomic E-state index is -2.14. The highest BCUT2D eigenvalue weighted by molar-refractivity contribution is 6.77. The third-order valence-electron chi connectivity index (χ3n) is 5.86. The Hall–Kier alpha value is -1.41. The van der Waals surface area contributed by atoms with Crippen molar-refractivity contribution in [1.29, 1.82) is 0 Å². The summed E-state index contributed by atoms with van der Waals surface area (Å²) in [6.07, 6.45) is -1.10. The van der Waals surface area contributed by atoms with Crippen LogP contribution >= 0.6 is 0 Å². The molecule has 0 radical (unpaired) electrons. The topological polar surface area (TPSA) is 77.0 Å². The number of amides is 1. The van der Waals surface area contributed by atoms with Gasteiger partial charge in [-0.1, -0.05) is 71.9 Å². The number of aliphatic hydroxyl groups excluding tert-OH is 1. The maximum absolute atomic E-state index is 12.4. The zero-order chi connectivity index (χ0) is 24.5. The van der Waals surface area contributed by atoms with Gasteiger partial charge in [0.15, 0.2) is 8.32 Å². The number of benzene rings is 1. The van der Waals surface area contributed by atoms with Crippen molar-refractivity contribution in [2.75, 3.05) is 13.2 Å². The summed E-state index contributed by atoms with van der Waals surface area (Å²) in [5, 5.41) is 12.9. The fraction of sp³-hybridized carbons (Fsp3) is 0.720. The summed E-state index contributed by atoms with van der Waals surface area (Å²) in [6.45, 7) is 19.2. The zero-order valence-corrected chi connectivity index (χ0v) is 22.5. The Morgan fingerprint density at radius 2 is 1.53 bits per heavy atom. The van der Waals surface area contributed by atoms with Gasteiger partial charge >= 0.3 is 6.09 Å². The molecule has 0 spiro atoms. The number of hydrogen-bond donors (Lipinski definition) is 2. The summed E-state index contributed by atoms with van der Waals surface area (Å²) < 4.78 is 18.3. The first kappa shape index (κ1) is 28.6. The maximum Gasteiger partial charge on any atom is 0.408 e. The van der Waals surface area contributed by atoms with E-state index in [4.69, 9.17) is 13.9 Å². The monoisotopic (exact) mass is 467 g/mol. The van der Waals surface area contributed by atoms with Gasteiger partial charge in [-0.05, 0) is 43.0 Å². The number of alkyl carbamates (subject to hydrolysis) is 1. The lowest BCUT2D eigenvalue weighted by atomic mass is 10.1. The second-order valence-electron chi connectivity index (χ2n) is 10.4. The normalized spacial score (nSPS) is 14.7. The Labute approximate surface area is 196 Å². The van der Waals surface area contributed by atoms with Crippen LogP contribution < -0.4 is 5.32 Å². The van der Waals surface area contributed by atoms with E-state index in [2.05, 4.69) is 46.9 Å². The molecule has 184 valence electrons. The van der Waals surface area contributed by atoms with Crippen LogP contribution in [0, 0.1) is 0 Å². The Morgan fingerprint density at radius 3 is 1.97 bits per heavy atom. The predicted molar refractivity (Wildman–Crippen MR) is 132 cm³/mol. The standard InChI is InChI=1S/C25H45NO5Si/c1-18(2)32(19(3)4,20(5)6)30-17-23(29-16-21-13-11-10-12-14-21)22(15-27)26-24(28)31-25(7,8)9/h10-14,18-20,22-23,27H,15-17H2,1-9H3,(H,26,28)/t22-,23+/m0/s1. The van der Waals surface area contributed by atoms with Crippen molar-refractivity contribution in [2.24, 2.45) is 0 Å². The van der Waals surface area contributed by atoms with Crippen molar-refractivity contribution in [1.82, 2.24) is 5.32 Å². The minimum Gasteiger partial charge on any atom is -0.444 e. The van der Waals surface area contributed by atoms with Crippen LogP contribution in [0.25, 0.3) is 0 Å². The third kappa shape index (κ3) is 8.50. The van der Waals surface area contributed by atoms with Crippen LogP contribution in [0.15, 0.2) is 30.3 Å². The van der Waals surface area contributed by atoms with Gasteiger partial charge in [-0.25, -0.2) is 4.79 Å². The zero-order valence-electron chi connectivity index (χ0n) is 21.5. The molecule has 32 heavy (non-hydrogen) atoms. The fourth-order valence-electron chi connectivity index (χ4n) is 4.50. The number of nitrogens with one attached hydrogen (secondary N) is 1. The van der Waals surface area contributed by atoms with Gasteiger partial charge in [-0.3, -0.25) is 0 Å². The minimum absolute atomic E-state index is 0.276. The highest BCUT2D eigenvalue weighted by Crippen LogP contribution is 2.42. The van der Waals surface area contributed by atoms with Gasteiger partial charge in [0.2, 0.25) is 0 Å². The van der Waals surface area contributed by atoms with E-state index >= 15 is 0 Å². The average Bonchev–Trinajstić information content (AvgIpc) is 2.67. The summed E-state index contributed by atoms with van der Waals surface area (Å²) in [6, 6.07) is 9.21. The second kappa shape index (κ2) is 12.7. The van der Waals surface area contributed by atoms with Gasteiger partial charge in [-0.2, -0.15) is 0 Å². The molecule has 1 aromatic rings. The average molecular weight is 468 g/mol. The third-order valence-corrected chi connectivity index (χ3v) is 11.9. The van der Waals surface area contributed by atoms with Crippen LogP contribution in [-0.2, 0) is 20.5 Å². The van der Waals surface area contributed by atoms with E-state index in [0.717, 1.165) is 5.56 Å². The van der Waals surface area contributed by atoms with Crippen LogP contribution in [0.4, 0.5) is 4.79 Å². The van der Waals surface area contributed by atoms with Crippen molar-refractivity contribution < 1.29 is 23.8 Å². The Bertz CT molecular complexity index is 651. The number of carbonyl (C=O) groups is 1. The molecular weight excluding hydrogens is 422 g/mol. The van der Waals surface area contributed by atoms with E-state index in [1.54, 1.807) is 20.8 Å². The SMILES string of the molecule is CC(C)[Si](OC[C@@H](OCc1ccccc1)[C@H](CO)NC(=O)OC(C)(C)C)(C(C)C)C(C)C. The van der Waals surface area contributed by atoms with Crippen molar-refractivity contribution in [2.45, 2.75) is 103 Å². The highest BCUT2D eigenvalue weighted by Gasteiger charge is 2.46. The van der Waals surface area contributed by atoms with Crippen molar-refractivity contribution in [3.63, 3.8) is 0 Å². The molecule has 0 aliphatic rings. The molecule has 6 nitrogen and oxygen atoms in total. The Balaban J connectivity index is 3.07. The first-order valence-electron chi connectivity index (χ1n) is 11.7. The van der Waals surface area contributed by atoms with Crippen LogP contribution in [0.3, 0.4) is 0 Å². The van der Waals surface area contributed by atoms with Gasteiger partial charge in [0.1, 0.15) is 11.7 Å². The summed E-state index contributed by atoms with van der Waals surface area (Å²) in [7, 11) is -2.14. The largest absolute Gasteiger partial charge is 0.444 e. The lowest BCUT2D eigenvalue weighted by molar-refractivity contribution is -0.0317. The molecule has 0 aliphatic heterocycles. The molecule has 0 bridgehead atoms. The predicted octanol–water partition coefficient (Wildman–Crippen LogP) is 5.65.